The number of aromatic hydroxyl groups is 1. The summed E-state index contributed by atoms with van der Waals surface area (Å²) in [6, 6.07) is 15.0. The summed E-state index contributed by atoms with van der Waals surface area (Å²) in [7, 11) is 0. The van der Waals surface area contributed by atoms with Crippen molar-refractivity contribution in [2.45, 2.75) is 20.0 Å². The second-order valence-corrected chi connectivity index (χ2v) is 4.61. The van der Waals surface area contributed by atoms with Crippen LogP contribution in [-0.4, -0.2) is 11.7 Å². The average molecular weight is 282 g/mol. The number of nitrogens with zero attached hydrogens (tertiary/aromatic N) is 1. The first-order chi connectivity index (χ1) is 10.2. The van der Waals surface area contributed by atoms with Crippen LogP contribution in [0.3, 0.4) is 0 Å². The molecule has 21 heavy (non-hydrogen) atoms. The lowest BCUT2D eigenvalue weighted by atomic mass is 10.1. The van der Waals surface area contributed by atoms with E-state index in [1.165, 1.54) is 0 Å². The zero-order valence-electron chi connectivity index (χ0n) is 12.0. The van der Waals surface area contributed by atoms with Gasteiger partial charge >= 0.3 is 0 Å². The summed E-state index contributed by atoms with van der Waals surface area (Å²) in [5.74, 6) is 0.681. The first kappa shape index (κ1) is 14.9. The quantitative estimate of drug-likeness (QED) is 0.855. The van der Waals surface area contributed by atoms with Crippen LogP contribution in [0, 0.1) is 11.3 Å². The van der Waals surface area contributed by atoms with Crippen molar-refractivity contribution in [2.24, 2.45) is 0 Å². The number of nitrogens with one attached hydrogen (secondary N) is 1. The minimum absolute atomic E-state index is 0.178. The van der Waals surface area contributed by atoms with Gasteiger partial charge in [0.05, 0.1) is 18.2 Å². The molecule has 2 N–H and O–H groups in total. The zero-order valence-corrected chi connectivity index (χ0v) is 12.0. The molecule has 0 bridgehead atoms. The Bertz CT molecular complexity index is 647. The van der Waals surface area contributed by atoms with Crippen molar-refractivity contribution in [2.75, 3.05) is 6.61 Å². The molecule has 108 valence electrons. The standard InChI is InChI=1S/C17H18N2O2/c1-2-21-16-8-4-7-15(17(16)20)12-19-11-14-6-3-5-13(9-14)10-18/h3-9,19-20H,2,11-12H2,1H3. The van der Waals surface area contributed by atoms with Crippen molar-refractivity contribution in [1.82, 2.24) is 5.32 Å². The van der Waals surface area contributed by atoms with E-state index >= 15 is 0 Å². The van der Waals surface area contributed by atoms with Gasteiger partial charge in [0.2, 0.25) is 0 Å². The number of benzene rings is 2. The molecule has 0 aliphatic heterocycles. The van der Waals surface area contributed by atoms with E-state index in [0.717, 1.165) is 11.1 Å². The topological polar surface area (TPSA) is 65.3 Å². The summed E-state index contributed by atoms with van der Waals surface area (Å²) < 4.78 is 5.36. The monoisotopic (exact) mass is 282 g/mol. The number of ether oxygens (including phenoxy) is 1. The number of phenolic OH excluding ortho intramolecular Hbond substituents is 1. The molecule has 2 rings (SSSR count). The smallest absolute Gasteiger partial charge is 0.162 e. The number of hydrogen-bond donors (Lipinski definition) is 2. The lowest BCUT2D eigenvalue weighted by Crippen LogP contribution is -2.13. The van der Waals surface area contributed by atoms with Gasteiger partial charge < -0.3 is 15.2 Å². The third-order valence-electron chi connectivity index (χ3n) is 3.08. The Hall–Kier alpha value is -2.51. The van der Waals surface area contributed by atoms with E-state index in [-0.39, 0.29) is 5.75 Å². The van der Waals surface area contributed by atoms with Gasteiger partial charge in [0.15, 0.2) is 11.5 Å². The van der Waals surface area contributed by atoms with Gasteiger partial charge in [-0.2, -0.15) is 5.26 Å². The summed E-state index contributed by atoms with van der Waals surface area (Å²) in [6.07, 6.45) is 0. The van der Waals surface area contributed by atoms with Gasteiger partial charge in [0.1, 0.15) is 0 Å². The molecule has 0 aromatic heterocycles. The molecular weight excluding hydrogens is 264 g/mol. The number of para-hydroxylation sites is 1. The van der Waals surface area contributed by atoms with Crippen molar-refractivity contribution in [3.8, 4) is 17.6 Å². The predicted octanol–water partition coefficient (Wildman–Crippen LogP) is 2.95. The first-order valence-electron chi connectivity index (χ1n) is 6.88. The van der Waals surface area contributed by atoms with Crippen LogP contribution >= 0.6 is 0 Å². The van der Waals surface area contributed by atoms with Gasteiger partial charge in [0.25, 0.3) is 0 Å². The van der Waals surface area contributed by atoms with Gasteiger partial charge in [-0.15, -0.1) is 0 Å². The third-order valence-corrected chi connectivity index (χ3v) is 3.08. The van der Waals surface area contributed by atoms with Crippen LogP contribution < -0.4 is 10.1 Å². The van der Waals surface area contributed by atoms with Crippen LogP contribution in [0.15, 0.2) is 42.5 Å². The van der Waals surface area contributed by atoms with Crippen LogP contribution in [0.2, 0.25) is 0 Å². The number of hydrogen-bond acceptors (Lipinski definition) is 4. The Balaban J connectivity index is 1.97. The Morgan fingerprint density at radius 2 is 2.00 bits per heavy atom. The fourth-order valence-corrected chi connectivity index (χ4v) is 2.07. The summed E-state index contributed by atoms with van der Waals surface area (Å²) in [5.41, 5.74) is 2.47. The lowest BCUT2D eigenvalue weighted by molar-refractivity contribution is 0.316. The highest BCUT2D eigenvalue weighted by atomic mass is 16.5. The molecule has 4 nitrogen and oxygen atoms in total. The van der Waals surface area contributed by atoms with Gasteiger partial charge in [0, 0.05) is 18.7 Å². The number of nitriles is 1. The molecule has 0 aliphatic rings. The lowest BCUT2D eigenvalue weighted by Gasteiger charge is -2.11. The van der Waals surface area contributed by atoms with E-state index in [2.05, 4.69) is 11.4 Å². The Labute approximate surface area is 124 Å². The van der Waals surface area contributed by atoms with E-state index in [4.69, 9.17) is 10.00 Å². The van der Waals surface area contributed by atoms with Crippen molar-refractivity contribution in [3.63, 3.8) is 0 Å². The van der Waals surface area contributed by atoms with Crippen LogP contribution in [-0.2, 0) is 13.1 Å². The molecule has 0 radical (unpaired) electrons. The summed E-state index contributed by atoms with van der Waals surface area (Å²) in [5, 5.41) is 22.2. The van der Waals surface area contributed by atoms with Gasteiger partial charge in [-0.3, -0.25) is 0 Å². The van der Waals surface area contributed by atoms with Crippen LogP contribution in [0.1, 0.15) is 23.6 Å². The van der Waals surface area contributed by atoms with Crippen molar-refractivity contribution >= 4 is 0 Å². The van der Waals surface area contributed by atoms with Gasteiger partial charge in [-0.05, 0) is 30.7 Å². The maximum absolute atomic E-state index is 10.1. The second kappa shape index (κ2) is 7.32. The molecule has 0 amide bonds. The highest BCUT2D eigenvalue weighted by Gasteiger charge is 2.07. The third kappa shape index (κ3) is 3.98. The van der Waals surface area contributed by atoms with Gasteiger partial charge in [-0.25, -0.2) is 0 Å². The SMILES string of the molecule is CCOc1cccc(CNCc2cccc(C#N)c2)c1O. The van der Waals surface area contributed by atoms with Crippen molar-refractivity contribution < 1.29 is 9.84 Å². The fourth-order valence-electron chi connectivity index (χ4n) is 2.07. The minimum atomic E-state index is 0.178. The van der Waals surface area contributed by atoms with Crippen LogP contribution in [0.4, 0.5) is 0 Å². The maximum Gasteiger partial charge on any atom is 0.162 e. The molecule has 4 heteroatoms. The minimum Gasteiger partial charge on any atom is -0.504 e. The molecule has 0 aliphatic carbocycles. The Kier molecular flexibility index (Phi) is 5.19. The molecule has 0 spiro atoms. The molecule has 0 saturated carbocycles. The highest BCUT2D eigenvalue weighted by molar-refractivity contribution is 5.45. The number of rotatable bonds is 6. The van der Waals surface area contributed by atoms with Gasteiger partial charge in [-0.1, -0.05) is 24.3 Å². The first-order valence-corrected chi connectivity index (χ1v) is 6.88. The summed E-state index contributed by atoms with van der Waals surface area (Å²) in [6.45, 7) is 3.56. The highest BCUT2D eigenvalue weighted by Crippen LogP contribution is 2.29. The van der Waals surface area contributed by atoms with E-state index in [9.17, 15) is 5.11 Å². The fraction of sp³-hybridized carbons (Fsp3) is 0.235. The van der Waals surface area contributed by atoms with Crippen LogP contribution in [0.5, 0.6) is 11.5 Å². The van der Waals surface area contributed by atoms with E-state index in [1.807, 2.05) is 37.3 Å². The molecule has 2 aromatic carbocycles. The molecular formula is C17H18N2O2. The van der Waals surface area contributed by atoms with Crippen molar-refractivity contribution in [3.05, 3.63) is 59.2 Å². The molecule has 0 heterocycles. The largest absolute Gasteiger partial charge is 0.504 e. The molecule has 2 aromatic rings. The Morgan fingerprint density at radius 3 is 2.76 bits per heavy atom. The molecule has 0 unspecified atom stereocenters. The Morgan fingerprint density at radius 1 is 1.19 bits per heavy atom. The summed E-state index contributed by atoms with van der Waals surface area (Å²) in [4.78, 5) is 0. The predicted molar refractivity (Wildman–Crippen MR) is 81.0 cm³/mol. The second-order valence-electron chi connectivity index (χ2n) is 4.61. The summed E-state index contributed by atoms with van der Waals surface area (Å²) >= 11 is 0. The normalized spacial score (nSPS) is 10.1. The van der Waals surface area contributed by atoms with Crippen LogP contribution in [0.25, 0.3) is 0 Å². The molecule has 0 saturated heterocycles. The van der Waals surface area contributed by atoms with Crippen molar-refractivity contribution in [1.29, 1.82) is 5.26 Å². The zero-order chi connectivity index (χ0) is 15.1. The average Bonchev–Trinajstić information content (AvgIpc) is 2.51. The molecule has 0 fully saturated rings. The van der Waals surface area contributed by atoms with E-state index in [0.29, 0.717) is 31.0 Å². The molecule has 0 atom stereocenters. The number of phenols is 1. The van der Waals surface area contributed by atoms with E-state index in [1.54, 1.807) is 12.1 Å². The maximum atomic E-state index is 10.1. The van der Waals surface area contributed by atoms with E-state index < -0.39 is 0 Å².